The molecular weight excluding hydrogens is 330 g/mol. The number of aromatic amines is 1. The predicted molar refractivity (Wildman–Crippen MR) is 103 cm³/mol. The number of hydrogen-bond acceptors (Lipinski definition) is 3. The van der Waals surface area contributed by atoms with Crippen LogP contribution in [0.5, 0.6) is 0 Å². The number of aromatic nitrogens is 2. The fourth-order valence-corrected chi connectivity index (χ4v) is 3.88. The van der Waals surface area contributed by atoms with Crippen molar-refractivity contribution in [2.75, 3.05) is 0 Å². The van der Waals surface area contributed by atoms with Gasteiger partial charge in [-0.05, 0) is 24.1 Å². The van der Waals surface area contributed by atoms with Gasteiger partial charge in [0.1, 0.15) is 5.01 Å². The molecule has 4 nitrogen and oxygen atoms in total. The normalized spacial score (nSPS) is 11.1. The third-order valence-corrected chi connectivity index (χ3v) is 5.25. The SMILES string of the molecule is CCc1cccc2c(-c3csc(-c4cccc(C(N)=O)c4)n3)c[nH]c12. The van der Waals surface area contributed by atoms with E-state index in [1.807, 2.05) is 23.7 Å². The number of amides is 1. The van der Waals surface area contributed by atoms with Crippen molar-refractivity contribution < 1.29 is 4.79 Å². The number of hydrogen-bond donors (Lipinski definition) is 2. The van der Waals surface area contributed by atoms with Gasteiger partial charge in [0.05, 0.1) is 5.69 Å². The van der Waals surface area contributed by atoms with E-state index in [0.29, 0.717) is 5.56 Å². The number of thiazole rings is 1. The van der Waals surface area contributed by atoms with E-state index >= 15 is 0 Å². The van der Waals surface area contributed by atoms with E-state index in [1.165, 1.54) is 16.5 Å². The average Bonchev–Trinajstić information content (AvgIpc) is 3.28. The van der Waals surface area contributed by atoms with Crippen LogP contribution >= 0.6 is 11.3 Å². The van der Waals surface area contributed by atoms with Gasteiger partial charge in [-0.2, -0.15) is 0 Å². The Balaban J connectivity index is 1.77. The van der Waals surface area contributed by atoms with Crippen molar-refractivity contribution in [1.82, 2.24) is 9.97 Å². The van der Waals surface area contributed by atoms with Crippen molar-refractivity contribution >= 4 is 28.1 Å². The third kappa shape index (κ3) is 2.72. The molecule has 5 heteroatoms. The standard InChI is InChI=1S/C20H17N3OS/c1-2-12-5-4-8-15-16(10-22-18(12)15)17-11-25-20(23-17)14-7-3-6-13(9-14)19(21)24/h3-11,22H,2H2,1H3,(H2,21,24). The Morgan fingerprint density at radius 2 is 2.08 bits per heavy atom. The lowest BCUT2D eigenvalue weighted by molar-refractivity contribution is 0.100. The minimum Gasteiger partial charge on any atom is -0.366 e. The Hall–Kier alpha value is -2.92. The molecule has 2 aromatic heterocycles. The van der Waals surface area contributed by atoms with Gasteiger partial charge in [0.25, 0.3) is 0 Å². The highest BCUT2D eigenvalue weighted by Crippen LogP contribution is 2.34. The lowest BCUT2D eigenvalue weighted by Crippen LogP contribution is -2.10. The van der Waals surface area contributed by atoms with Crippen LogP contribution in [0.15, 0.2) is 54.0 Å². The highest BCUT2D eigenvalue weighted by atomic mass is 32.1. The number of carbonyl (C=O) groups excluding carboxylic acids is 1. The number of nitrogens with two attached hydrogens (primary N) is 1. The summed E-state index contributed by atoms with van der Waals surface area (Å²) < 4.78 is 0. The van der Waals surface area contributed by atoms with E-state index in [0.717, 1.165) is 28.2 Å². The first-order valence-electron chi connectivity index (χ1n) is 8.12. The molecule has 0 fully saturated rings. The maximum absolute atomic E-state index is 11.4. The summed E-state index contributed by atoms with van der Waals surface area (Å²) in [4.78, 5) is 19.5. The third-order valence-electron chi connectivity index (χ3n) is 4.36. The second-order valence-corrected chi connectivity index (χ2v) is 6.74. The van der Waals surface area contributed by atoms with Gasteiger partial charge in [0.2, 0.25) is 5.91 Å². The van der Waals surface area contributed by atoms with Gasteiger partial charge in [-0.25, -0.2) is 4.98 Å². The smallest absolute Gasteiger partial charge is 0.248 e. The van der Waals surface area contributed by atoms with Crippen LogP contribution in [0.2, 0.25) is 0 Å². The fraction of sp³-hybridized carbons (Fsp3) is 0.100. The number of para-hydroxylation sites is 1. The number of rotatable bonds is 4. The molecule has 4 rings (SSSR count). The van der Waals surface area contributed by atoms with Crippen molar-refractivity contribution in [2.24, 2.45) is 5.73 Å². The summed E-state index contributed by atoms with van der Waals surface area (Å²) >= 11 is 1.56. The maximum Gasteiger partial charge on any atom is 0.248 e. The molecule has 0 spiro atoms. The van der Waals surface area contributed by atoms with Gasteiger partial charge in [-0.1, -0.05) is 37.3 Å². The molecule has 3 N–H and O–H groups in total. The van der Waals surface area contributed by atoms with Crippen molar-refractivity contribution in [2.45, 2.75) is 13.3 Å². The molecule has 0 saturated heterocycles. The first-order valence-corrected chi connectivity index (χ1v) is 9.00. The highest BCUT2D eigenvalue weighted by molar-refractivity contribution is 7.13. The second kappa shape index (κ2) is 6.18. The van der Waals surface area contributed by atoms with E-state index in [9.17, 15) is 4.79 Å². The van der Waals surface area contributed by atoms with Crippen LogP contribution in [0.1, 0.15) is 22.8 Å². The number of benzene rings is 2. The van der Waals surface area contributed by atoms with E-state index in [-0.39, 0.29) is 0 Å². The summed E-state index contributed by atoms with van der Waals surface area (Å²) in [5.41, 5.74) is 11.3. The zero-order chi connectivity index (χ0) is 17.4. The van der Waals surface area contributed by atoms with E-state index < -0.39 is 5.91 Å². The summed E-state index contributed by atoms with van der Waals surface area (Å²) in [6.45, 7) is 2.15. The number of nitrogens with one attached hydrogen (secondary N) is 1. The first-order chi connectivity index (χ1) is 12.2. The monoisotopic (exact) mass is 347 g/mol. The molecule has 4 aromatic rings. The molecule has 0 radical (unpaired) electrons. The number of fused-ring (bicyclic) bond motifs is 1. The molecular formula is C20H17N3OS. The Morgan fingerprint density at radius 1 is 1.24 bits per heavy atom. The molecule has 124 valence electrons. The van der Waals surface area contributed by atoms with Crippen LogP contribution in [0.4, 0.5) is 0 Å². The van der Waals surface area contributed by atoms with Crippen LogP contribution in [0, 0.1) is 0 Å². The maximum atomic E-state index is 11.4. The molecule has 0 atom stereocenters. The molecule has 0 saturated carbocycles. The molecule has 25 heavy (non-hydrogen) atoms. The van der Waals surface area contributed by atoms with Gasteiger partial charge in [-0.15, -0.1) is 11.3 Å². The van der Waals surface area contributed by atoms with Gasteiger partial charge in [-0.3, -0.25) is 4.79 Å². The van der Waals surface area contributed by atoms with Gasteiger partial charge >= 0.3 is 0 Å². The lowest BCUT2D eigenvalue weighted by Gasteiger charge is -2.00. The molecule has 0 bridgehead atoms. The minimum atomic E-state index is -0.428. The lowest BCUT2D eigenvalue weighted by atomic mass is 10.1. The molecule has 0 unspecified atom stereocenters. The molecule has 2 aromatic carbocycles. The zero-order valence-electron chi connectivity index (χ0n) is 13.7. The van der Waals surface area contributed by atoms with Crippen LogP contribution in [0.3, 0.4) is 0 Å². The molecule has 1 amide bonds. The minimum absolute atomic E-state index is 0.428. The quantitative estimate of drug-likeness (QED) is 0.565. The molecule has 0 aliphatic heterocycles. The number of aryl methyl sites for hydroxylation is 1. The summed E-state index contributed by atoms with van der Waals surface area (Å²) in [6, 6.07) is 13.6. The Morgan fingerprint density at radius 3 is 2.88 bits per heavy atom. The number of carbonyl (C=O) groups is 1. The number of primary amides is 1. The van der Waals surface area contributed by atoms with Crippen LogP contribution < -0.4 is 5.73 Å². The molecule has 2 heterocycles. The summed E-state index contributed by atoms with van der Waals surface area (Å²) in [6.07, 6.45) is 3.00. The van der Waals surface area contributed by atoms with E-state index in [2.05, 4.69) is 30.1 Å². The Bertz CT molecular complexity index is 1080. The van der Waals surface area contributed by atoms with Crippen LogP contribution in [0.25, 0.3) is 32.7 Å². The van der Waals surface area contributed by atoms with E-state index in [1.54, 1.807) is 23.5 Å². The van der Waals surface area contributed by atoms with Crippen LogP contribution in [-0.4, -0.2) is 15.9 Å². The van der Waals surface area contributed by atoms with Gasteiger partial charge < -0.3 is 10.7 Å². The fourth-order valence-electron chi connectivity index (χ4n) is 3.06. The van der Waals surface area contributed by atoms with Gasteiger partial charge in [0.15, 0.2) is 0 Å². The van der Waals surface area contributed by atoms with Crippen molar-refractivity contribution in [3.63, 3.8) is 0 Å². The number of H-pyrrole nitrogens is 1. The summed E-state index contributed by atoms with van der Waals surface area (Å²) in [7, 11) is 0. The summed E-state index contributed by atoms with van der Waals surface area (Å²) in [5.74, 6) is -0.428. The van der Waals surface area contributed by atoms with Crippen molar-refractivity contribution in [1.29, 1.82) is 0 Å². The number of nitrogens with zero attached hydrogens (tertiary/aromatic N) is 1. The van der Waals surface area contributed by atoms with Gasteiger partial charge in [0, 0.05) is 39.2 Å². The van der Waals surface area contributed by atoms with Crippen molar-refractivity contribution in [3.05, 3.63) is 65.2 Å². The average molecular weight is 347 g/mol. The first kappa shape index (κ1) is 15.6. The largest absolute Gasteiger partial charge is 0.366 e. The second-order valence-electron chi connectivity index (χ2n) is 5.88. The van der Waals surface area contributed by atoms with Crippen LogP contribution in [-0.2, 0) is 6.42 Å². The van der Waals surface area contributed by atoms with Crippen molar-refractivity contribution in [3.8, 4) is 21.8 Å². The Labute approximate surface area is 149 Å². The zero-order valence-corrected chi connectivity index (χ0v) is 14.6. The predicted octanol–water partition coefficient (Wildman–Crippen LogP) is 4.62. The highest BCUT2D eigenvalue weighted by Gasteiger charge is 2.13. The van der Waals surface area contributed by atoms with E-state index in [4.69, 9.17) is 10.7 Å². The Kier molecular flexibility index (Phi) is 3.86. The topological polar surface area (TPSA) is 71.8 Å². The molecule has 0 aliphatic rings. The molecule has 0 aliphatic carbocycles. The summed E-state index contributed by atoms with van der Waals surface area (Å²) in [5, 5.41) is 4.11.